The first-order valence-corrected chi connectivity index (χ1v) is 8.07. The highest BCUT2D eigenvalue weighted by Crippen LogP contribution is 2.25. The molecule has 0 aliphatic rings. The summed E-state index contributed by atoms with van der Waals surface area (Å²) in [5.74, 6) is -0.127. The number of rotatable bonds is 5. The standard InChI is InChI=1S/C14H15Cl2N3OS/c1-3-12(13(20)19-14-17-8(2)7-21-14)18-9-4-5-10(15)11(16)6-9/h4-7,12,18H,3H2,1-2H3,(H,17,19,20)/t12-/m1/s1. The quantitative estimate of drug-likeness (QED) is 0.834. The monoisotopic (exact) mass is 343 g/mol. The van der Waals surface area contributed by atoms with Crippen molar-refractivity contribution in [3.8, 4) is 0 Å². The molecule has 21 heavy (non-hydrogen) atoms. The molecule has 0 saturated carbocycles. The SMILES string of the molecule is CC[C@@H](Nc1ccc(Cl)c(Cl)c1)C(=O)Nc1nc(C)cs1. The third-order valence-electron chi connectivity index (χ3n) is 2.83. The van der Waals surface area contributed by atoms with Gasteiger partial charge in [-0.2, -0.15) is 0 Å². The molecule has 0 bridgehead atoms. The number of carbonyl (C=O) groups is 1. The van der Waals surface area contributed by atoms with Crippen molar-refractivity contribution in [2.24, 2.45) is 0 Å². The lowest BCUT2D eigenvalue weighted by Gasteiger charge is -2.17. The van der Waals surface area contributed by atoms with E-state index >= 15 is 0 Å². The molecule has 4 nitrogen and oxygen atoms in total. The first-order valence-electron chi connectivity index (χ1n) is 6.44. The topological polar surface area (TPSA) is 54.0 Å². The van der Waals surface area contributed by atoms with Crippen LogP contribution in [0.5, 0.6) is 0 Å². The Kier molecular flexibility index (Phi) is 5.45. The Labute approximate surface area is 137 Å². The maximum atomic E-state index is 12.2. The molecule has 1 atom stereocenters. The van der Waals surface area contributed by atoms with Crippen LogP contribution in [0.1, 0.15) is 19.0 Å². The van der Waals surface area contributed by atoms with Gasteiger partial charge in [0.25, 0.3) is 0 Å². The number of nitrogens with one attached hydrogen (secondary N) is 2. The summed E-state index contributed by atoms with van der Waals surface area (Å²) in [6.45, 7) is 3.82. The van der Waals surface area contributed by atoms with E-state index in [9.17, 15) is 4.79 Å². The summed E-state index contributed by atoms with van der Waals surface area (Å²) in [6, 6.07) is 4.82. The zero-order valence-electron chi connectivity index (χ0n) is 11.6. The highest BCUT2D eigenvalue weighted by Gasteiger charge is 2.17. The van der Waals surface area contributed by atoms with E-state index in [4.69, 9.17) is 23.2 Å². The van der Waals surface area contributed by atoms with Crippen LogP contribution in [0.25, 0.3) is 0 Å². The van der Waals surface area contributed by atoms with Gasteiger partial charge in [0.05, 0.1) is 15.7 Å². The van der Waals surface area contributed by atoms with E-state index < -0.39 is 0 Å². The highest BCUT2D eigenvalue weighted by molar-refractivity contribution is 7.13. The number of aryl methyl sites for hydroxylation is 1. The van der Waals surface area contributed by atoms with Crippen LogP contribution in [0.3, 0.4) is 0 Å². The van der Waals surface area contributed by atoms with Gasteiger partial charge in [-0.25, -0.2) is 4.98 Å². The van der Waals surface area contributed by atoms with E-state index in [1.165, 1.54) is 11.3 Å². The van der Waals surface area contributed by atoms with Crippen molar-refractivity contribution in [1.82, 2.24) is 4.98 Å². The summed E-state index contributed by atoms with van der Waals surface area (Å²) in [6.07, 6.45) is 0.635. The molecule has 1 aromatic heterocycles. The van der Waals surface area contributed by atoms with E-state index in [0.29, 0.717) is 21.6 Å². The second kappa shape index (κ2) is 7.11. The zero-order chi connectivity index (χ0) is 15.4. The largest absolute Gasteiger partial charge is 0.374 e. The van der Waals surface area contributed by atoms with Crippen molar-refractivity contribution in [1.29, 1.82) is 0 Å². The van der Waals surface area contributed by atoms with Crippen LogP contribution in [0.2, 0.25) is 10.0 Å². The summed E-state index contributed by atoms with van der Waals surface area (Å²) in [5.41, 5.74) is 1.64. The lowest BCUT2D eigenvalue weighted by atomic mass is 10.2. The van der Waals surface area contributed by atoms with Crippen molar-refractivity contribution in [3.05, 3.63) is 39.3 Å². The fourth-order valence-electron chi connectivity index (χ4n) is 1.74. The Balaban J connectivity index is 2.04. The molecule has 0 spiro atoms. The van der Waals surface area contributed by atoms with Crippen molar-refractivity contribution < 1.29 is 4.79 Å². The number of hydrogen-bond donors (Lipinski definition) is 2. The van der Waals surface area contributed by atoms with Gasteiger partial charge in [-0.05, 0) is 31.5 Å². The molecule has 1 amide bonds. The Morgan fingerprint density at radius 2 is 2.14 bits per heavy atom. The van der Waals surface area contributed by atoms with Crippen molar-refractivity contribution in [3.63, 3.8) is 0 Å². The van der Waals surface area contributed by atoms with Crippen LogP contribution >= 0.6 is 34.5 Å². The molecular formula is C14H15Cl2N3OS. The number of halogens is 2. The van der Waals surface area contributed by atoms with Gasteiger partial charge >= 0.3 is 0 Å². The number of anilines is 2. The normalized spacial score (nSPS) is 12.0. The van der Waals surface area contributed by atoms with Gasteiger partial charge in [0.15, 0.2) is 5.13 Å². The molecule has 1 aromatic carbocycles. The van der Waals surface area contributed by atoms with Gasteiger partial charge in [0, 0.05) is 11.1 Å². The van der Waals surface area contributed by atoms with Gasteiger partial charge in [0.1, 0.15) is 6.04 Å². The number of hydrogen-bond acceptors (Lipinski definition) is 4. The molecule has 0 aliphatic heterocycles. The highest BCUT2D eigenvalue weighted by atomic mass is 35.5. The minimum Gasteiger partial charge on any atom is -0.374 e. The summed E-state index contributed by atoms with van der Waals surface area (Å²) in [7, 11) is 0. The minimum absolute atomic E-state index is 0.127. The Bertz CT molecular complexity index is 645. The Morgan fingerprint density at radius 1 is 1.38 bits per heavy atom. The molecule has 0 unspecified atom stereocenters. The average molecular weight is 344 g/mol. The van der Waals surface area contributed by atoms with E-state index in [0.717, 1.165) is 11.4 Å². The third kappa shape index (κ3) is 4.33. The van der Waals surface area contributed by atoms with Crippen LogP contribution < -0.4 is 10.6 Å². The second-order valence-electron chi connectivity index (χ2n) is 4.52. The van der Waals surface area contributed by atoms with Crippen LogP contribution in [-0.4, -0.2) is 16.9 Å². The van der Waals surface area contributed by atoms with Crippen LogP contribution in [-0.2, 0) is 4.79 Å². The third-order valence-corrected chi connectivity index (χ3v) is 4.45. The minimum atomic E-state index is -0.369. The maximum absolute atomic E-state index is 12.2. The zero-order valence-corrected chi connectivity index (χ0v) is 13.9. The molecule has 2 N–H and O–H groups in total. The van der Waals surface area contributed by atoms with Crippen LogP contribution in [0.15, 0.2) is 23.6 Å². The summed E-state index contributed by atoms with van der Waals surface area (Å²) in [4.78, 5) is 16.5. The van der Waals surface area contributed by atoms with Crippen LogP contribution in [0, 0.1) is 6.92 Å². The van der Waals surface area contributed by atoms with E-state index in [-0.39, 0.29) is 11.9 Å². The lowest BCUT2D eigenvalue weighted by Crippen LogP contribution is -2.34. The molecule has 112 valence electrons. The van der Waals surface area contributed by atoms with Gasteiger partial charge in [-0.1, -0.05) is 30.1 Å². The first kappa shape index (κ1) is 16.1. The van der Waals surface area contributed by atoms with Crippen molar-refractivity contribution in [2.75, 3.05) is 10.6 Å². The number of amides is 1. The van der Waals surface area contributed by atoms with E-state index in [2.05, 4.69) is 15.6 Å². The fourth-order valence-corrected chi connectivity index (χ4v) is 2.73. The predicted octanol–water partition coefficient (Wildman–Crippen LogP) is 4.59. The second-order valence-corrected chi connectivity index (χ2v) is 6.19. The van der Waals surface area contributed by atoms with Gasteiger partial charge in [0.2, 0.25) is 5.91 Å². The molecule has 0 saturated heterocycles. The average Bonchev–Trinajstić information content (AvgIpc) is 2.85. The summed E-state index contributed by atoms with van der Waals surface area (Å²) < 4.78 is 0. The molecule has 7 heteroatoms. The lowest BCUT2D eigenvalue weighted by molar-refractivity contribution is -0.116. The number of thiazole rings is 1. The number of aromatic nitrogens is 1. The molecule has 0 fully saturated rings. The fraction of sp³-hybridized carbons (Fsp3) is 0.286. The molecule has 2 rings (SSSR count). The van der Waals surface area contributed by atoms with Crippen molar-refractivity contribution >= 4 is 51.3 Å². The predicted molar refractivity (Wildman–Crippen MR) is 89.6 cm³/mol. The summed E-state index contributed by atoms with van der Waals surface area (Å²) in [5, 5.41) is 9.38. The number of benzene rings is 1. The molecule has 2 aromatic rings. The molecule has 0 radical (unpaired) electrons. The van der Waals surface area contributed by atoms with E-state index in [1.54, 1.807) is 18.2 Å². The molecular weight excluding hydrogens is 329 g/mol. The molecule has 1 heterocycles. The number of nitrogens with zero attached hydrogens (tertiary/aromatic N) is 1. The number of carbonyl (C=O) groups excluding carboxylic acids is 1. The van der Waals surface area contributed by atoms with Gasteiger partial charge in [-0.15, -0.1) is 11.3 Å². The first-order chi connectivity index (χ1) is 9.99. The van der Waals surface area contributed by atoms with E-state index in [1.807, 2.05) is 19.2 Å². The Morgan fingerprint density at radius 3 is 2.71 bits per heavy atom. The summed E-state index contributed by atoms with van der Waals surface area (Å²) >= 11 is 13.3. The van der Waals surface area contributed by atoms with Gasteiger partial charge in [-0.3, -0.25) is 4.79 Å². The smallest absolute Gasteiger partial charge is 0.248 e. The van der Waals surface area contributed by atoms with Crippen LogP contribution in [0.4, 0.5) is 10.8 Å². The maximum Gasteiger partial charge on any atom is 0.248 e. The van der Waals surface area contributed by atoms with Gasteiger partial charge < -0.3 is 10.6 Å². The Hall–Kier alpha value is -1.30. The van der Waals surface area contributed by atoms with Crippen molar-refractivity contribution in [2.45, 2.75) is 26.3 Å². The molecule has 0 aliphatic carbocycles.